The van der Waals surface area contributed by atoms with Crippen molar-refractivity contribution in [3.8, 4) is 0 Å². The quantitative estimate of drug-likeness (QED) is 0.544. The zero-order valence-corrected chi connectivity index (χ0v) is 10.6. The monoisotopic (exact) mass is 244 g/mol. The van der Waals surface area contributed by atoms with E-state index in [4.69, 9.17) is 22.1 Å². The van der Waals surface area contributed by atoms with Gasteiger partial charge in [0.2, 0.25) is 0 Å². The highest BCUT2D eigenvalue weighted by Gasteiger charge is 2.01. The molecule has 0 fully saturated rings. The Kier molecular flexibility index (Phi) is 6.37. The van der Waals surface area contributed by atoms with Crippen molar-refractivity contribution in [2.24, 2.45) is 0 Å². The van der Waals surface area contributed by atoms with E-state index in [1.165, 1.54) is 0 Å². The number of aromatic amines is 1. The fraction of sp³-hybridized carbons (Fsp3) is 0.727. The summed E-state index contributed by atoms with van der Waals surface area (Å²) >= 11 is 5.11. The van der Waals surface area contributed by atoms with Gasteiger partial charge in [-0.3, -0.25) is 0 Å². The molecule has 1 rings (SSSR count). The average molecular weight is 244 g/mol. The summed E-state index contributed by atoms with van der Waals surface area (Å²) in [6, 6.07) is 0. The number of H-pyrrole nitrogens is 1. The van der Waals surface area contributed by atoms with Gasteiger partial charge in [0.05, 0.1) is 12.3 Å². The Morgan fingerprint density at radius 3 is 2.88 bits per heavy atom. The largest absolute Gasteiger partial charge is 0.390 e. The second-order valence-corrected chi connectivity index (χ2v) is 4.10. The summed E-state index contributed by atoms with van der Waals surface area (Å²) in [4.78, 5) is 2.93. The van der Waals surface area contributed by atoms with E-state index in [-0.39, 0.29) is 6.61 Å². The number of rotatable bonds is 8. The SMILES string of the molecule is CCCCOCCCn1c(CO)c[nH]c1=S. The lowest BCUT2D eigenvalue weighted by atomic mass is 10.3. The van der Waals surface area contributed by atoms with E-state index in [9.17, 15) is 0 Å². The van der Waals surface area contributed by atoms with Crippen molar-refractivity contribution in [1.29, 1.82) is 0 Å². The molecule has 0 spiro atoms. The predicted octanol–water partition coefficient (Wildman–Crippen LogP) is 2.24. The molecule has 0 aliphatic carbocycles. The van der Waals surface area contributed by atoms with Crippen molar-refractivity contribution in [2.45, 2.75) is 39.3 Å². The van der Waals surface area contributed by atoms with Gasteiger partial charge in [-0.2, -0.15) is 0 Å². The van der Waals surface area contributed by atoms with E-state index in [0.29, 0.717) is 4.77 Å². The second kappa shape index (κ2) is 7.60. The molecule has 2 N–H and O–H groups in total. The van der Waals surface area contributed by atoms with Gasteiger partial charge >= 0.3 is 0 Å². The molecule has 5 heteroatoms. The lowest BCUT2D eigenvalue weighted by molar-refractivity contribution is 0.125. The van der Waals surface area contributed by atoms with Crippen LogP contribution in [0.2, 0.25) is 0 Å². The van der Waals surface area contributed by atoms with Crippen LogP contribution in [-0.4, -0.2) is 27.9 Å². The van der Waals surface area contributed by atoms with Crippen LogP contribution in [0.1, 0.15) is 31.9 Å². The van der Waals surface area contributed by atoms with Gasteiger partial charge in [0.25, 0.3) is 0 Å². The lowest BCUT2D eigenvalue weighted by Gasteiger charge is -2.07. The van der Waals surface area contributed by atoms with Gasteiger partial charge in [0, 0.05) is 26.0 Å². The number of unbranched alkanes of at least 4 members (excludes halogenated alkanes) is 1. The van der Waals surface area contributed by atoms with Gasteiger partial charge < -0.3 is 19.4 Å². The van der Waals surface area contributed by atoms with Crippen LogP contribution in [0.3, 0.4) is 0 Å². The standard InChI is InChI=1S/C11H20N2O2S/c1-2-3-6-15-7-4-5-13-10(9-14)8-12-11(13)16/h8,14H,2-7,9H2,1H3,(H,12,16). The van der Waals surface area contributed by atoms with Crippen LogP contribution >= 0.6 is 12.2 Å². The van der Waals surface area contributed by atoms with Crippen LogP contribution in [-0.2, 0) is 17.9 Å². The molecular weight excluding hydrogens is 224 g/mol. The molecule has 0 aliphatic rings. The molecule has 1 aromatic heterocycles. The van der Waals surface area contributed by atoms with E-state index in [2.05, 4.69) is 11.9 Å². The highest BCUT2D eigenvalue weighted by Crippen LogP contribution is 2.03. The first-order valence-corrected chi connectivity index (χ1v) is 6.16. The molecule has 92 valence electrons. The van der Waals surface area contributed by atoms with Gasteiger partial charge in [-0.25, -0.2) is 0 Å². The molecule has 0 saturated heterocycles. The molecular formula is C11H20N2O2S. The molecule has 0 aromatic carbocycles. The van der Waals surface area contributed by atoms with E-state index in [1.54, 1.807) is 6.20 Å². The molecule has 0 atom stereocenters. The van der Waals surface area contributed by atoms with E-state index in [0.717, 1.165) is 44.7 Å². The molecule has 1 aromatic rings. The second-order valence-electron chi connectivity index (χ2n) is 3.71. The maximum absolute atomic E-state index is 9.09. The maximum Gasteiger partial charge on any atom is 0.177 e. The van der Waals surface area contributed by atoms with Crippen molar-refractivity contribution in [3.63, 3.8) is 0 Å². The molecule has 16 heavy (non-hydrogen) atoms. The van der Waals surface area contributed by atoms with Gasteiger partial charge in [0.1, 0.15) is 0 Å². The first-order chi connectivity index (χ1) is 7.79. The van der Waals surface area contributed by atoms with Crippen molar-refractivity contribution in [1.82, 2.24) is 9.55 Å². The molecule has 4 nitrogen and oxygen atoms in total. The van der Waals surface area contributed by atoms with Crippen molar-refractivity contribution in [3.05, 3.63) is 16.7 Å². The lowest BCUT2D eigenvalue weighted by Crippen LogP contribution is -2.06. The third kappa shape index (κ3) is 4.08. The number of nitrogens with zero attached hydrogens (tertiary/aromatic N) is 1. The minimum atomic E-state index is 0.0177. The number of imidazole rings is 1. The Morgan fingerprint density at radius 1 is 1.44 bits per heavy atom. The first-order valence-electron chi connectivity index (χ1n) is 5.75. The zero-order valence-electron chi connectivity index (χ0n) is 9.74. The normalized spacial score (nSPS) is 10.9. The van der Waals surface area contributed by atoms with Crippen LogP contribution in [0.4, 0.5) is 0 Å². The summed E-state index contributed by atoms with van der Waals surface area (Å²) in [6.07, 6.45) is 4.95. The third-order valence-electron chi connectivity index (χ3n) is 2.43. The number of hydrogen-bond donors (Lipinski definition) is 2. The van der Waals surface area contributed by atoms with Gasteiger partial charge in [0.15, 0.2) is 4.77 Å². The minimum absolute atomic E-state index is 0.0177. The summed E-state index contributed by atoms with van der Waals surface area (Å²) in [6.45, 7) is 4.55. The fourth-order valence-corrected chi connectivity index (χ4v) is 1.75. The number of hydrogen-bond acceptors (Lipinski definition) is 3. The van der Waals surface area contributed by atoms with Crippen molar-refractivity contribution < 1.29 is 9.84 Å². The van der Waals surface area contributed by atoms with Gasteiger partial charge in [-0.15, -0.1) is 0 Å². The zero-order chi connectivity index (χ0) is 11.8. The maximum atomic E-state index is 9.09. The van der Waals surface area contributed by atoms with Crippen LogP contribution in [0, 0.1) is 4.77 Å². The Hall–Kier alpha value is -0.650. The summed E-state index contributed by atoms with van der Waals surface area (Å²) in [7, 11) is 0. The molecule has 0 radical (unpaired) electrons. The van der Waals surface area contributed by atoms with Crippen molar-refractivity contribution >= 4 is 12.2 Å². The van der Waals surface area contributed by atoms with E-state index in [1.807, 2.05) is 4.57 Å². The number of aromatic nitrogens is 2. The summed E-state index contributed by atoms with van der Waals surface area (Å²) in [5.41, 5.74) is 0.832. The molecule has 0 bridgehead atoms. The van der Waals surface area contributed by atoms with Crippen LogP contribution in [0.5, 0.6) is 0 Å². The number of aliphatic hydroxyl groups is 1. The molecule has 0 amide bonds. The van der Waals surface area contributed by atoms with Crippen molar-refractivity contribution in [2.75, 3.05) is 13.2 Å². The molecule has 0 unspecified atom stereocenters. The number of ether oxygens (including phenoxy) is 1. The Bertz CT molecular complexity index is 346. The smallest absolute Gasteiger partial charge is 0.177 e. The first kappa shape index (κ1) is 13.4. The summed E-state index contributed by atoms with van der Waals surface area (Å²) in [5, 5.41) is 9.09. The Morgan fingerprint density at radius 2 is 2.19 bits per heavy atom. The number of aliphatic hydroxyl groups excluding tert-OH is 1. The minimum Gasteiger partial charge on any atom is -0.390 e. The van der Waals surface area contributed by atoms with Crippen LogP contribution in [0.15, 0.2) is 6.20 Å². The predicted molar refractivity (Wildman–Crippen MR) is 65.9 cm³/mol. The Balaban J connectivity index is 2.26. The van der Waals surface area contributed by atoms with Crippen LogP contribution < -0.4 is 0 Å². The fourth-order valence-electron chi connectivity index (χ4n) is 1.48. The molecule has 1 heterocycles. The Labute approximate surface area is 101 Å². The highest BCUT2D eigenvalue weighted by atomic mass is 32.1. The average Bonchev–Trinajstić information content (AvgIpc) is 2.65. The van der Waals surface area contributed by atoms with E-state index < -0.39 is 0 Å². The summed E-state index contributed by atoms with van der Waals surface area (Å²) in [5.74, 6) is 0. The molecule has 0 saturated carbocycles. The third-order valence-corrected chi connectivity index (χ3v) is 2.77. The van der Waals surface area contributed by atoms with Crippen LogP contribution in [0.25, 0.3) is 0 Å². The van der Waals surface area contributed by atoms with Gasteiger partial charge in [-0.05, 0) is 25.1 Å². The number of nitrogens with one attached hydrogen (secondary N) is 1. The highest BCUT2D eigenvalue weighted by molar-refractivity contribution is 7.71. The summed E-state index contributed by atoms with van der Waals surface area (Å²) < 4.78 is 8.05. The van der Waals surface area contributed by atoms with E-state index >= 15 is 0 Å². The molecule has 0 aliphatic heterocycles. The van der Waals surface area contributed by atoms with Gasteiger partial charge in [-0.1, -0.05) is 13.3 Å². The topological polar surface area (TPSA) is 50.2 Å².